The topological polar surface area (TPSA) is 9.23 Å². The molecule has 3 aliphatic rings. The summed E-state index contributed by atoms with van der Waals surface area (Å²) >= 11 is 0. The summed E-state index contributed by atoms with van der Waals surface area (Å²) in [5, 5.41) is 0. The molecule has 6 unspecified atom stereocenters. The van der Waals surface area contributed by atoms with E-state index >= 15 is 0 Å². The number of ether oxygens (including phenoxy) is 1. The fraction of sp³-hybridized carbons (Fsp3) is 0.714. The highest BCUT2D eigenvalue weighted by atomic mass is 31.0. The van der Waals surface area contributed by atoms with Crippen molar-refractivity contribution in [3.63, 3.8) is 0 Å². The Labute approximate surface area is 144 Å². The van der Waals surface area contributed by atoms with Crippen molar-refractivity contribution in [1.82, 2.24) is 0 Å². The van der Waals surface area contributed by atoms with E-state index in [9.17, 15) is 0 Å². The van der Waals surface area contributed by atoms with Gasteiger partial charge in [-0.1, -0.05) is 26.8 Å². The molecular weight excluding hydrogens is 299 g/mol. The minimum Gasteiger partial charge on any atom is -0.497 e. The Morgan fingerprint density at radius 1 is 1.13 bits per heavy atom. The second kappa shape index (κ2) is 6.75. The van der Waals surface area contributed by atoms with Gasteiger partial charge in [-0.15, -0.1) is 9.24 Å². The third-order valence-corrected chi connectivity index (χ3v) is 8.10. The third-order valence-electron chi connectivity index (χ3n) is 7.01. The molecule has 0 aromatic heterocycles. The molecule has 3 aliphatic carbocycles. The first-order chi connectivity index (χ1) is 11.1. The summed E-state index contributed by atoms with van der Waals surface area (Å²) in [6.07, 6.45) is 8.33. The molecule has 1 nitrogen and oxygen atoms in total. The van der Waals surface area contributed by atoms with Crippen LogP contribution in [0.4, 0.5) is 0 Å². The molecule has 0 heterocycles. The Morgan fingerprint density at radius 3 is 2.65 bits per heavy atom. The molecule has 0 N–H and O–H groups in total. The highest BCUT2D eigenvalue weighted by molar-refractivity contribution is 7.17. The molecule has 0 bridgehead atoms. The van der Waals surface area contributed by atoms with Gasteiger partial charge in [0.25, 0.3) is 0 Å². The van der Waals surface area contributed by atoms with E-state index in [1.165, 1.54) is 38.5 Å². The first-order valence-electron chi connectivity index (χ1n) is 9.56. The van der Waals surface area contributed by atoms with Gasteiger partial charge >= 0.3 is 0 Å². The Bertz CT molecular complexity index is 555. The van der Waals surface area contributed by atoms with Crippen LogP contribution in [-0.4, -0.2) is 12.8 Å². The first-order valence-corrected chi connectivity index (χ1v) is 10.2. The predicted molar refractivity (Wildman–Crippen MR) is 102 cm³/mol. The summed E-state index contributed by atoms with van der Waals surface area (Å²) in [7, 11) is 4.95. The van der Waals surface area contributed by atoms with E-state index in [2.05, 4.69) is 34.4 Å². The van der Waals surface area contributed by atoms with Crippen molar-refractivity contribution in [3.8, 4) is 5.75 Å². The zero-order valence-electron chi connectivity index (χ0n) is 15.3. The van der Waals surface area contributed by atoms with Crippen LogP contribution in [0.2, 0.25) is 0 Å². The lowest BCUT2D eigenvalue weighted by Gasteiger charge is -2.50. The standard InChI is InChI=1S/C19H27OP.C2H6/c1-19-10-9-14-15(17(19)7-8-18(19)21)6-4-12-3-5-13(20-2)11-16(12)14;1-2/h3,5,11,14-15,17-18H,4,6-10,21H2,1-2H3;1-2H3. The van der Waals surface area contributed by atoms with Crippen LogP contribution in [0.5, 0.6) is 5.75 Å². The van der Waals surface area contributed by atoms with Gasteiger partial charge < -0.3 is 4.74 Å². The zero-order valence-corrected chi connectivity index (χ0v) is 16.4. The van der Waals surface area contributed by atoms with Crippen LogP contribution in [0.3, 0.4) is 0 Å². The molecule has 1 aromatic rings. The summed E-state index contributed by atoms with van der Waals surface area (Å²) < 4.78 is 5.48. The molecular formula is C21H33OP. The predicted octanol–water partition coefficient (Wildman–Crippen LogP) is 5.82. The number of methoxy groups -OCH3 is 1. The van der Waals surface area contributed by atoms with Gasteiger partial charge in [-0.05, 0) is 90.6 Å². The average molecular weight is 332 g/mol. The monoisotopic (exact) mass is 332 g/mol. The largest absolute Gasteiger partial charge is 0.497 e. The number of hydrogen-bond donors (Lipinski definition) is 0. The van der Waals surface area contributed by atoms with Crippen LogP contribution in [0.1, 0.15) is 69.9 Å². The Kier molecular flexibility index (Phi) is 5.07. The van der Waals surface area contributed by atoms with Crippen LogP contribution in [-0.2, 0) is 6.42 Å². The van der Waals surface area contributed by atoms with Crippen LogP contribution in [0, 0.1) is 17.3 Å². The second-order valence-electron chi connectivity index (χ2n) is 7.71. The number of rotatable bonds is 1. The minimum absolute atomic E-state index is 0.586. The Morgan fingerprint density at radius 2 is 1.91 bits per heavy atom. The first kappa shape index (κ1) is 17.3. The molecule has 1 aromatic carbocycles. The molecule has 2 saturated carbocycles. The Hall–Kier alpha value is -0.550. The molecule has 128 valence electrons. The van der Waals surface area contributed by atoms with Crippen LogP contribution < -0.4 is 4.74 Å². The lowest BCUT2D eigenvalue weighted by molar-refractivity contribution is 0.0628. The van der Waals surface area contributed by atoms with Crippen molar-refractivity contribution in [1.29, 1.82) is 0 Å². The molecule has 0 aliphatic heterocycles. The minimum atomic E-state index is 0.586. The average Bonchev–Trinajstić information content (AvgIpc) is 2.91. The fourth-order valence-corrected chi connectivity index (χ4v) is 6.32. The maximum Gasteiger partial charge on any atom is 0.119 e. The van der Waals surface area contributed by atoms with E-state index in [4.69, 9.17) is 4.74 Å². The summed E-state index contributed by atoms with van der Waals surface area (Å²) in [5.74, 6) is 3.68. The van der Waals surface area contributed by atoms with E-state index in [1.54, 1.807) is 18.2 Å². The van der Waals surface area contributed by atoms with Gasteiger partial charge in [0, 0.05) is 0 Å². The van der Waals surface area contributed by atoms with Crippen molar-refractivity contribution in [2.45, 2.75) is 70.9 Å². The summed E-state index contributed by atoms with van der Waals surface area (Å²) in [4.78, 5) is 0. The number of fused-ring (bicyclic) bond motifs is 5. The van der Waals surface area contributed by atoms with Gasteiger partial charge in [0.15, 0.2) is 0 Å². The van der Waals surface area contributed by atoms with Crippen LogP contribution >= 0.6 is 9.24 Å². The van der Waals surface area contributed by atoms with Crippen molar-refractivity contribution in [2.75, 3.05) is 7.11 Å². The third kappa shape index (κ3) is 2.74. The molecule has 0 radical (unpaired) electrons. The number of aryl methyl sites for hydroxylation is 1. The van der Waals surface area contributed by atoms with E-state index < -0.39 is 0 Å². The van der Waals surface area contributed by atoms with Crippen molar-refractivity contribution in [2.24, 2.45) is 17.3 Å². The van der Waals surface area contributed by atoms with E-state index in [-0.39, 0.29) is 0 Å². The second-order valence-corrected chi connectivity index (χ2v) is 8.51. The normalized spacial score (nSPS) is 37.8. The summed E-state index contributed by atoms with van der Waals surface area (Å²) in [6, 6.07) is 6.79. The molecule has 0 saturated heterocycles. The van der Waals surface area contributed by atoms with E-state index in [1.807, 2.05) is 13.8 Å². The molecule has 4 rings (SSSR count). The van der Waals surface area contributed by atoms with Gasteiger partial charge in [0.05, 0.1) is 7.11 Å². The summed E-state index contributed by atoms with van der Waals surface area (Å²) in [6.45, 7) is 6.57. The number of hydrogen-bond acceptors (Lipinski definition) is 1. The quantitative estimate of drug-likeness (QED) is 0.589. The van der Waals surface area contributed by atoms with E-state index in [0.717, 1.165) is 29.2 Å². The zero-order chi connectivity index (χ0) is 16.6. The van der Waals surface area contributed by atoms with Crippen molar-refractivity contribution < 1.29 is 4.74 Å². The van der Waals surface area contributed by atoms with Crippen molar-refractivity contribution in [3.05, 3.63) is 29.3 Å². The molecule has 2 heteroatoms. The lowest BCUT2D eigenvalue weighted by Crippen LogP contribution is -2.42. The maximum absolute atomic E-state index is 5.48. The highest BCUT2D eigenvalue weighted by Crippen LogP contribution is 2.62. The lowest BCUT2D eigenvalue weighted by atomic mass is 9.56. The molecule has 0 amide bonds. The van der Waals surface area contributed by atoms with Gasteiger partial charge in [-0.25, -0.2) is 0 Å². The molecule has 23 heavy (non-hydrogen) atoms. The SMILES string of the molecule is CC.COc1ccc2c(c1)C1CCC3(C)C(P)CCC3C1CC2. The Balaban J connectivity index is 0.000000753. The van der Waals surface area contributed by atoms with E-state index in [0.29, 0.717) is 5.41 Å². The smallest absolute Gasteiger partial charge is 0.119 e. The maximum atomic E-state index is 5.48. The van der Waals surface area contributed by atoms with Crippen LogP contribution in [0.25, 0.3) is 0 Å². The molecule has 2 fully saturated rings. The highest BCUT2D eigenvalue weighted by Gasteiger charge is 2.53. The van der Waals surface area contributed by atoms with Crippen molar-refractivity contribution >= 4 is 9.24 Å². The fourth-order valence-electron chi connectivity index (χ4n) is 5.71. The molecule has 6 atom stereocenters. The van der Waals surface area contributed by atoms with Crippen LogP contribution in [0.15, 0.2) is 18.2 Å². The van der Waals surface area contributed by atoms with Gasteiger partial charge in [-0.3, -0.25) is 0 Å². The van der Waals surface area contributed by atoms with Gasteiger partial charge in [0.2, 0.25) is 0 Å². The van der Waals surface area contributed by atoms with Gasteiger partial charge in [-0.2, -0.15) is 0 Å². The van der Waals surface area contributed by atoms with Gasteiger partial charge in [0.1, 0.15) is 5.75 Å². The summed E-state index contributed by atoms with van der Waals surface area (Å²) in [5.41, 5.74) is 4.62. The number of benzene rings is 1. The molecule has 0 spiro atoms.